The minimum atomic E-state index is -3.84. The predicted molar refractivity (Wildman–Crippen MR) is 94.0 cm³/mol. The number of rotatable bonds is 6. The monoisotopic (exact) mass is 412 g/mol. The number of sulfonamides is 1. The minimum Gasteiger partial charge on any atom is -0.484 e. The Balaban J connectivity index is 1.91. The summed E-state index contributed by atoms with van der Waals surface area (Å²) in [6.45, 7) is 3.26. The highest BCUT2D eigenvalue weighted by molar-refractivity contribution is 9.10. The first-order valence-electron chi connectivity index (χ1n) is 7.04. The van der Waals surface area contributed by atoms with E-state index in [2.05, 4.69) is 26.2 Å². The smallest absolute Gasteiger partial charge is 0.272 e. The van der Waals surface area contributed by atoms with Gasteiger partial charge in [0.15, 0.2) is 6.61 Å². The molecule has 0 bridgehead atoms. The van der Waals surface area contributed by atoms with Crippen molar-refractivity contribution in [3.8, 4) is 5.75 Å². The number of nitrogens with one attached hydrogen (secondary N) is 2. The van der Waals surface area contributed by atoms with Crippen LogP contribution in [-0.2, 0) is 14.8 Å². The molecule has 0 spiro atoms. The number of carbonyl (C=O) groups is 1. The van der Waals surface area contributed by atoms with Crippen LogP contribution in [0, 0.1) is 13.8 Å². The van der Waals surface area contributed by atoms with Crippen LogP contribution in [0.5, 0.6) is 5.75 Å². The van der Waals surface area contributed by atoms with Gasteiger partial charge < -0.3 is 4.74 Å². The van der Waals surface area contributed by atoms with Crippen molar-refractivity contribution in [2.75, 3.05) is 6.61 Å². The third-order valence-corrected chi connectivity index (χ3v) is 5.06. The highest BCUT2D eigenvalue weighted by Crippen LogP contribution is 2.16. The van der Waals surface area contributed by atoms with Crippen LogP contribution in [0.15, 0.2) is 51.8 Å². The summed E-state index contributed by atoms with van der Waals surface area (Å²) in [5.41, 5.74) is 3.69. The first kappa shape index (κ1) is 18.4. The lowest BCUT2D eigenvalue weighted by Gasteiger charge is -2.11. The summed E-state index contributed by atoms with van der Waals surface area (Å²) in [7, 11) is -3.84. The lowest BCUT2D eigenvalue weighted by Crippen LogP contribution is -2.43. The number of aryl methyl sites for hydroxylation is 2. The lowest BCUT2D eigenvalue weighted by atomic mass is 10.2. The van der Waals surface area contributed by atoms with Crippen molar-refractivity contribution in [2.45, 2.75) is 18.7 Å². The number of hydrogen-bond acceptors (Lipinski definition) is 4. The topological polar surface area (TPSA) is 84.5 Å². The molecule has 0 unspecified atom stereocenters. The lowest BCUT2D eigenvalue weighted by molar-refractivity contribution is -0.123. The molecule has 0 saturated carbocycles. The van der Waals surface area contributed by atoms with E-state index in [4.69, 9.17) is 4.74 Å². The Kier molecular flexibility index (Phi) is 5.98. The third-order valence-electron chi connectivity index (χ3n) is 3.13. The molecule has 2 rings (SSSR count). The number of hydrogen-bond donors (Lipinski definition) is 2. The highest BCUT2D eigenvalue weighted by Gasteiger charge is 2.17. The van der Waals surface area contributed by atoms with Crippen molar-refractivity contribution in [3.05, 3.63) is 58.1 Å². The van der Waals surface area contributed by atoms with Gasteiger partial charge >= 0.3 is 0 Å². The second-order valence-electron chi connectivity index (χ2n) is 5.17. The Morgan fingerprint density at radius 2 is 1.79 bits per heavy atom. The normalized spacial score (nSPS) is 11.1. The number of benzene rings is 2. The van der Waals surface area contributed by atoms with E-state index in [-0.39, 0.29) is 11.5 Å². The number of carbonyl (C=O) groups excluding carboxylic acids is 1. The van der Waals surface area contributed by atoms with Crippen LogP contribution < -0.4 is 15.0 Å². The van der Waals surface area contributed by atoms with Crippen molar-refractivity contribution in [3.63, 3.8) is 0 Å². The molecule has 0 heterocycles. The Bertz CT molecular complexity index is 836. The van der Waals surface area contributed by atoms with Gasteiger partial charge in [-0.05, 0) is 49.7 Å². The van der Waals surface area contributed by atoms with E-state index < -0.39 is 15.9 Å². The van der Waals surface area contributed by atoms with Crippen LogP contribution in [0.3, 0.4) is 0 Å². The first-order valence-corrected chi connectivity index (χ1v) is 9.32. The van der Waals surface area contributed by atoms with E-state index in [9.17, 15) is 13.2 Å². The van der Waals surface area contributed by atoms with E-state index in [1.165, 1.54) is 6.07 Å². The van der Waals surface area contributed by atoms with Gasteiger partial charge in [-0.2, -0.15) is 0 Å². The molecule has 0 fully saturated rings. The second kappa shape index (κ2) is 7.78. The second-order valence-corrected chi connectivity index (χ2v) is 7.73. The first-order chi connectivity index (χ1) is 11.3. The molecule has 0 aliphatic heterocycles. The summed E-state index contributed by atoms with van der Waals surface area (Å²) >= 11 is 3.29. The van der Waals surface area contributed by atoms with Gasteiger partial charge in [-0.15, -0.1) is 4.83 Å². The molecular weight excluding hydrogens is 396 g/mol. The third kappa shape index (κ3) is 5.05. The van der Waals surface area contributed by atoms with Crippen LogP contribution in [0.25, 0.3) is 0 Å². The molecule has 2 aromatic rings. The van der Waals surface area contributed by atoms with E-state index >= 15 is 0 Å². The van der Waals surface area contributed by atoms with E-state index in [0.29, 0.717) is 11.3 Å². The summed E-state index contributed by atoms with van der Waals surface area (Å²) in [6, 6.07) is 11.9. The number of ether oxygens (including phenoxy) is 1. The van der Waals surface area contributed by atoms with Gasteiger partial charge in [-0.1, -0.05) is 33.6 Å². The van der Waals surface area contributed by atoms with Crippen molar-refractivity contribution in [2.24, 2.45) is 0 Å². The maximum absolute atomic E-state index is 12.2. The molecule has 0 atom stereocenters. The van der Waals surface area contributed by atoms with Gasteiger partial charge in [0.05, 0.1) is 4.90 Å². The maximum atomic E-state index is 12.2. The molecule has 0 aliphatic rings. The fraction of sp³-hybridized carbons (Fsp3) is 0.188. The number of hydrazine groups is 1. The Morgan fingerprint density at radius 3 is 2.42 bits per heavy atom. The summed E-state index contributed by atoms with van der Waals surface area (Å²) in [5.74, 6) is -0.100. The number of amides is 1. The van der Waals surface area contributed by atoms with Gasteiger partial charge in [-0.25, -0.2) is 8.42 Å². The molecule has 0 aliphatic carbocycles. The molecule has 0 aromatic heterocycles. The van der Waals surface area contributed by atoms with E-state index in [1.54, 1.807) is 43.3 Å². The molecule has 2 N–H and O–H groups in total. The molecular formula is C16H17BrN2O4S. The minimum absolute atomic E-state index is 0.113. The molecule has 8 heteroatoms. The maximum Gasteiger partial charge on any atom is 0.272 e. The molecule has 0 radical (unpaired) electrons. The van der Waals surface area contributed by atoms with Crippen LogP contribution in [0.2, 0.25) is 0 Å². The zero-order valence-electron chi connectivity index (χ0n) is 13.2. The zero-order chi connectivity index (χ0) is 17.7. The molecule has 6 nitrogen and oxygen atoms in total. The van der Waals surface area contributed by atoms with Gasteiger partial charge in [0.1, 0.15) is 5.75 Å². The molecule has 24 heavy (non-hydrogen) atoms. The average molecular weight is 413 g/mol. The Hall–Kier alpha value is -1.90. The van der Waals surface area contributed by atoms with Crippen LogP contribution in [0.1, 0.15) is 11.1 Å². The largest absolute Gasteiger partial charge is 0.484 e. The molecule has 1 amide bonds. The van der Waals surface area contributed by atoms with Gasteiger partial charge in [0.2, 0.25) is 0 Å². The fourth-order valence-electron chi connectivity index (χ4n) is 2.00. The van der Waals surface area contributed by atoms with E-state index in [0.717, 1.165) is 10.0 Å². The summed E-state index contributed by atoms with van der Waals surface area (Å²) < 4.78 is 30.6. The van der Waals surface area contributed by atoms with E-state index in [1.807, 2.05) is 6.92 Å². The Morgan fingerprint density at radius 1 is 1.12 bits per heavy atom. The van der Waals surface area contributed by atoms with Crippen LogP contribution in [0.4, 0.5) is 0 Å². The SMILES string of the molecule is Cc1ccc(S(=O)(=O)NNC(=O)COc2ccc(Br)cc2)c(C)c1. The van der Waals surface area contributed by atoms with Crippen molar-refractivity contribution in [1.29, 1.82) is 0 Å². The Labute approximate surface area is 149 Å². The van der Waals surface area contributed by atoms with Crippen molar-refractivity contribution >= 4 is 31.9 Å². The highest BCUT2D eigenvalue weighted by atomic mass is 79.9. The van der Waals surface area contributed by atoms with Crippen molar-refractivity contribution in [1.82, 2.24) is 10.3 Å². The standard InChI is InChI=1S/C16H17BrN2O4S/c1-11-3-8-15(12(2)9-11)24(21,22)19-18-16(20)10-23-14-6-4-13(17)5-7-14/h3-9,19H,10H2,1-2H3,(H,18,20). The van der Waals surface area contributed by atoms with Crippen LogP contribution >= 0.6 is 15.9 Å². The molecule has 0 saturated heterocycles. The quantitative estimate of drug-likeness (QED) is 0.713. The summed E-state index contributed by atoms with van der Waals surface area (Å²) in [6.07, 6.45) is 0. The fourth-order valence-corrected chi connectivity index (χ4v) is 3.35. The van der Waals surface area contributed by atoms with Crippen molar-refractivity contribution < 1.29 is 17.9 Å². The summed E-state index contributed by atoms with van der Waals surface area (Å²) in [4.78, 5) is 13.9. The molecule has 128 valence electrons. The molecule has 2 aromatic carbocycles. The predicted octanol–water partition coefficient (Wildman–Crippen LogP) is 2.45. The zero-order valence-corrected chi connectivity index (χ0v) is 15.6. The van der Waals surface area contributed by atoms with Gasteiger partial charge in [0.25, 0.3) is 15.9 Å². The van der Waals surface area contributed by atoms with Gasteiger partial charge in [-0.3, -0.25) is 10.2 Å². The van der Waals surface area contributed by atoms with Gasteiger partial charge in [0, 0.05) is 4.47 Å². The average Bonchev–Trinajstić information content (AvgIpc) is 2.52. The number of halogens is 1. The van der Waals surface area contributed by atoms with Crippen LogP contribution in [-0.4, -0.2) is 20.9 Å². The summed E-state index contributed by atoms with van der Waals surface area (Å²) in [5, 5.41) is 0.